The number of hydrogen-bond donors (Lipinski definition) is 2. The highest BCUT2D eigenvalue weighted by molar-refractivity contribution is 4.84. The second-order valence-electron chi connectivity index (χ2n) is 0.885. The Morgan fingerprint density at radius 2 is 1.57 bits per heavy atom. The molecule has 0 fully saturated rings. The predicted octanol–water partition coefficient (Wildman–Crippen LogP) is 1.35. The molecule has 2 N–H and O–H groups in total. The van der Waals surface area contributed by atoms with Crippen LogP contribution in [0.4, 0.5) is 0 Å². The molecule has 0 bridgehead atoms. The first-order valence-corrected chi connectivity index (χ1v) is 1.78. The third-order valence-corrected chi connectivity index (χ3v) is 0.496. The van der Waals surface area contributed by atoms with Crippen LogP contribution < -0.4 is 0 Å². The highest BCUT2D eigenvalue weighted by atomic mass is 16.2. The minimum atomic E-state index is 1.88. The molecule has 0 radical (unpaired) electrons. The van der Waals surface area contributed by atoms with Gasteiger partial charge in [0.25, 0.3) is 0 Å². The lowest BCUT2D eigenvalue weighted by Gasteiger charge is -1.49. The van der Waals surface area contributed by atoms with E-state index in [1.807, 2.05) is 24.5 Å². The zero-order valence-electron chi connectivity index (χ0n) is 3.72. The fourth-order valence-corrected chi connectivity index (χ4v) is 0.278. The van der Waals surface area contributed by atoms with E-state index in [1.54, 1.807) is 0 Å². The highest BCUT2D eigenvalue weighted by Gasteiger charge is 1.55. The summed E-state index contributed by atoms with van der Waals surface area (Å²) in [5.41, 5.74) is 4.50. The number of rotatable bonds is 0. The molecule has 1 rings (SSSR count). The Kier molecular flexibility index (Phi) is 4.10. The van der Waals surface area contributed by atoms with Crippen LogP contribution in [0.5, 0.6) is 0 Å². The Morgan fingerprint density at radius 3 is 1.71 bits per heavy atom. The number of nitroso groups, excluding NO2 is 1. The average molecular weight is 98.1 g/mol. The lowest BCUT2D eigenvalue weighted by atomic mass is 10.7. The smallest absolute Gasteiger partial charge is 0.000496 e. The minimum Gasteiger partial charge on any atom is -0.368 e. The summed E-state index contributed by atoms with van der Waals surface area (Å²) in [5, 5.41) is 0. The molecular formula is C4H6N2O. The van der Waals surface area contributed by atoms with Gasteiger partial charge in [0.15, 0.2) is 0 Å². The summed E-state index contributed by atoms with van der Waals surface area (Å²) in [6.07, 6.45) is 3.75. The van der Waals surface area contributed by atoms with Gasteiger partial charge in [-0.05, 0) is 12.1 Å². The van der Waals surface area contributed by atoms with Crippen molar-refractivity contribution in [2.75, 3.05) is 0 Å². The Hall–Kier alpha value is -1.12. The van der Waals surface area contributed by atoms with Gasteiger partial charge in [0.05, 0.1) is 0 Å². The van der Waals surface area contributed by atoms with Crippen LogP contribution in [-0.2, 0) is 0 Å². The van der Waals surface area contributed by atoms with Crippen molar-refractivity contribution in [2.45, 2.75) is 0 Å². The van der Waals surface area contributed by atoms with Crippen LogP contribution in [0.15, 0.2) is 24.5 Å². The molecule has 1 aromatic rings. The van der Waals surface area contributed by atoms with Crippen LogP contribution in [0.3, 0.4) is 0 Å². The molecule has 7 heavy (non-hydrogen) atoms. The van der Waals surface area contributed by atoms with Crippen molar-refractivity contribution in [1.82, 2.24) is 4.98 Å². The van der Waals surface area contributed by atoms with Crippen molar-refractivity contribution in [1.29, 1.82) is 5.59 Å². The third-order valence-electron chi connectivity index (χ3n) is 0.496. The maximum atomic E-state index is 7.50. The molecule has 3 nitrogen and oxygen atoms in total. The number of nitrogens with one attached hydrogen (secondary N) is 2. The molecule has 0 aliphatic carbocycles. The molecule has 0 amide bonds. The van der Waals surface area contributed by atoms with E-state index in [9.17, 15) is 0 Å². The van der Waals surface area contributed by atoms with Gasteiger partial charge in [0.1, 0.15) is 0 Å². The molecule has 0 saturated heterocycles. The van der Waals surface area contributed by atoms with Crippen molar-refractivity contribution in [3.8, 4) is 0 Å². The van der Waals surface area contributed by atoms with E-state index in [-0.39, 0.29) is 0 Å². The molecule has 0 spiro atoms. The zero-order valence-corrected chi connectivity index (χ0v) is 3.72. The monoisotopic (exact) mass is 98.0 g/mol. The van der Waals surface area contributed by atoms with E-state index in [2.05, 4.69) is 10.6 Å². The SMILES string of the molecule is N=O.c1cc[nH]c1. The normalized spacial score (nSPS) is 6.29. The summed E-state index contributed by atoms with van der Waals surface area (Å²) in [4.78, 5) is 10.4. The van der Waals surface area contributed by atoms with E-state index in [0.717, 1.165) is 0 Å². The molecule has 0 aliphatic rings. The van der Waals surface area contributed by atoms with Gasteiger partial charge < -0.3 is 4.98 Å². The van der Waals surface area contributed by atoms with Crippen LogP contribution in [0, 0.1) is 10.5 Å². The average Bonchev–Trinajstić information content (AvgIpc) is 2.23. The van der Waals surface area contributed by atoms with Crippen molar-refractivity contribution in [3.63, 3.8) is 0 Å². The van der Waals surface area contributed by atoms with E-state index in [1.165, 1.54) is 0 Å². The summed E-state index contributed by atoms with van der Waals surface area (Å²) in [6.45, 7) is 0. The minimum absolute atomic E-state index is 1.88. The zero-order chi connectivity index (χ0) is 5.54. The lowest BCUT2D eigenvalue weighted by molar-refractivity contribution is 1.42. The van der Waals surface area contributed by atoms with Gasteiger partial charge >= 0.3 is 0 Å². The predicted molar refractivity (Wildman–Crippen MR) is 26.9 cm³/mol. The molecule has 1 heterocycles. The second-order valence-corrected chi connectivity index (χ2v) is 0.885. The van der Waals surface area contributed by atoms with E-state index < -0.39 is 0 Å². The number of H-pyrrole nitrogens is 1. The Morgan fingerprint density at radius 1 is 1.14 bits per heavy atom. The first-order valence-electron chi connectivity index (χ1n) is 1.78. The van der Waals surface area contributed by atoms with Crippen molar-refractivity contribution < 1.29 is 0 Å². The molecule has 3 heteroatoms. The number of aromatic amines is 1. The maximum absolute atomic E-state index is 7.50. The Labute approximate surface area is 41.1 Å². The molecule has 0 aliphatic heterocycles. The Bertz CT molecular complexity index is 76.6. The second kappa shape index (κ2) is 4.88. The summed E-state index contributed by atoms with van der Waals surface area (Å²) >= 11 is 0. The highest BCUT2D eigenvalue weighted by Crippen LogP contribution is 1.72. The summed E-state index contributed by atoms with van der Waals surface area (Å²) in [5.74, 6) is 0. The fraction of sp³-hybridized carbons (Fsp3) is 0. The number of aromatic nitrogens is 1. The van der Waals surface area contributed by atoms with Crippen molar-refractivity contribution in [3.05, 3.63) is 29.4 Å². The molecule has 38 valence electrons. The summed E-state index contributed by atoms with van der Waals surface area (Å²) < 4.78 is 0. The van der Waals surface area contributed by atoms with Crippen LogP contribution in [0.2, 0.25) is 0 Å². The van der Waals surface area contributed by atoms with Gasteiger partial charge in [0, 0.05) is 12.4 Å². The maximum Gasteiger partial charge on any atom is 0.000496 e. The van der Waals surface area contributed by atoms with Crippen molar-refractivity contribution >= 4 is 0 Å². The third kappa shape index (κ3) is 2.69. The van der Waals surface area contributed by atoms with Crippen molar-refractivity contribution in [2.24, 2.45) is 0 Å². The van der Waals surface area contributed by atoms with Gasteiger partial charge in [-0.15, -0.1) is 0 Å². The Balaban J connectivity index is 0.000000162. The molecule has 1 aromatic heterocycles. The first kappa shape index (κ1) is 5.88. The van der Waals surface area contributed by atoms with Crippen LogP contribution in [0.1, 0.15) is 0 Å². The van der Waals surface area contributed by atoms with Gasteiger partial charge in [-0.3, -0.25) is 0 Å². The summed E-state index contributed by atoms with van der Waals surface area (Å²) in [7, 11) is 0. The molecule has 0 saturated carbocycles. The largest absolute Gasteiger partial charge is 0.368 e. The van der Waals surface area contributed by atoms with E-state index >= 15 is 0 Å². The quantitative estimate of drug-likeness (QED) is 0.473. The summed E-state index contributed by atoms with van der Waals surface area (Å²) in [6, 6.07) is 3.89. The van der Waals surface area contributed by atoms with Gasteiger partial charge in [0.2, 0.25) is 0 Å². The molecule has 0 unspecified atom stereocenters. The fourth-order valence-electron chi connectivity index (χ4n) is 0.278. The van der Waals surface area contributed by atoms with Crippen LogP contribution in [-0.4, -0.2) is 4.98 Å². The van der Waals surface area contributed by atoms with Gasteiger partial charge in [-0.1, -0.05) is 5.59 Å². The topological polar surface area (TPSA) is 56.7 Å². The van der Waals surface area contributed by atoms with Crippen LogP contribution >= 0.6 is 0 Å². The molecule has 0 atom stereocenters. The van der Waals surface area contributed by atoms with Crippen LogP contribution in [0.25, 0.3) is 0 Å². The molecule has 0 aromatic carbocycles. The standard InChI is InChI=1S/C4H5N.HNO/c1-2-4-5-3-1;1-2/h1-5H;1H. The van der Waals surface area contributed by atoms with Gasteiger partial charge in [-0.25, -0.2) is 0 Å². The number of hydrogen-bond acceptors (Lipinski definition) is 2. The first-order chi connectivity index (χ1) is 3.50. The molecular weight excluding hydrogens is 92.1 g/mol. The lowest BCUT2D eigenvalue weighted by Crippen LogP contribution is -1.38. The van der Waals surface area contributed by atoms with E-state index in [4.69, 9.17) is 4.91 Å². The van der Waals surface area contributed by atoms with Gasteiger partial charge in [-0.2, -0.15) is 4.91 Å². The van der Waals surface area contributed by atoms with E-state index in [0.29, 0.717) is 0 Å².